The number of hydrogen-bond acceptors (Lipinski definition) is 4. The largest absolute Gasteiger partial charge is 0.444 e. The van der Waals surface area contributed by atoms with Crippen molar-refractivity contribution in [2.24, 2.45) is 0 Å². The summed E-state index contributed by atoms with van der Waals surface area (Å²) in [6.45, 7) is 12.4. The second kappa shape index (κ2) is 14.4. The Morgan fingerprint density at radius 1 is 0.913 bits per heavy atom. The number of methoxy groups -OCH3 is 1. The predicted molar refractivity (Wildman–Crippen MR) is 185 cm³/mol. The van der Waals surface area contributed by atoms with Gasteiger partial charge in [0.15, 0.2) is 0 Å². The molecular formula is C39H47N3O4. The summed E-state index contributed by atoms with van der Waals surface area (Å²) >= 11 is 0. The first-order chi connectivity index (χ1) is 22.1. The molecule has 2 amide bonds. The summed E-state index contributed by atoms with van der Waals surface area (Å²) in [5.74, 6) is -0.0559. The van der Waals surface area contributed by atoms with Crippen LogP contribution in [0.25, 0.3) is 27.6 Å². The van der Waals surface area contributed by atoms with Crippen molar-refractivity contribution in [1.29, 1.82) is 0 Å². The SMILES string of the molecule is COCCCn1cc(CN(C(=O)C2=C(c3cccc(-c4ccccc4)c3)CCN(C(=O)OC(C)(C)C)C2)C(C)C)c2ccccc21. The van der Waals surface area contributed by atoms with Gasteiger partial charge < -0.3 is 23.8 Å². The van der Waals surface area contributed by atoms with E-state index in [9.17, 15) is 9.59 Å². The van der Waals surface area contributed by atoms with E-state index >= 15 is 0 Å². The first-order valence-electron chi connectivity index (χ1n) is 16.3. The van der Waals surface area contributed by atoms with Gasteiger partial charge in [0.25, 0.3) is 5.91 Å². The molecule has 1 aromatic heterocycles. The summed E-state index contributed by atoms with van der Waals surface area (Å²) < 4.78 is 13.3. The van der Waals surface area contributed by atoms with Gasteiger partial charge in [-0.15, -0.1) is 0 Å². The Labute approximate surface area is 273 Å². The molecule has 1 aliphatic heterocycles. The Kier molecular flexibility index (Phi) is 10.3. The number of ether oxygens (including phenoxy) is 2. The lowest BCUT2D eigenvalue weighted by Gasteiger charge is -2.35. The van der Waals surface area contributed by atoms with E-state index in [0.29, 0.717) is 31.7 Å². The zero-order valence-electron chi connectivity index (χ0n) is 28.1. The van der Waals surface area contributed by atoms with Crippen molar-refractivity contribution < 1.29 is 19.1 Å². The number of aryl methyl sites for hydroxylation is 1. The molecule has 0 saturated heterocycles. The molecule has 0 unspecified atom stereocenters. The van der Waals surface area contributed by atoms with Crippen molar-refractivity contribution in [3.05, 3.63) is 102 Å². The monoisotopic (exact) mass is 621 g/mol. The molecule has 0 bridgehead atoms. The van der Waals surface area contributed by atoms with Gasteiger partial charge in [0.2, 0.25) is 0 Å². The molecule has 0 atom stereocenters. The van der Waals surface area contributed by atoms with Crippen LogP contribution in [0.3, 0.4) is 0 Å². The third-order valence-corrected chi connectivity index (χ3v) is 8.42. The maximum absolute atomic E-state index is 14.8. The van der Waals surface area contributed by atoms with Gasteiger partial charge in [0.1, 0.15) is 5.60 Å². The summed E-state index contributed by atoms with van der Waals surface area (Å²) in [5.41, 5.74) is 6.46. The second-order valence-corrected chi connectivity index (χ2v) is 13.3. The fraction of sp³-hybridized carbons (Fsp3) is 0.385. The number of rotatable bonds is 10. The Morgan fingerprint density at radius 2 is 1.61 bits per heavy atom. The minimum absolute atomic E-state index is 0.0559. The van der Waals surface area contributed by atoms with Gasteiger partial charge in [0, 0.05) is 62.1 Å². The van der Waals surface area contributed by atoms with Crippen LogP contribution < -0.4 is 0 Å². The Morgan fingerprint density at radius 3 is 2.33 bits per heavy atom. The van der Waals surface area contributed by atoms with Crippen LogP contribution in [-0.2, 0) is 27.4 Å². The van der Waals surface area contributed by atoms with Crippen molar-refractivity contribution in [3.8, 4) is 11.1 Å². The molecule has 242 valence electrons. The first-order valence-corrected chi connectivity index (χ1v) is 16.3. The van der Waals surface area contributed by atoms with Gasteiger partial charge >= 0.3 is 6.09 Å². The van der Waals surface area contributed by atoms with Crippen molar-refractivity contribution in [1.82, 2.24) is 14.4 Å². The highest BCUT2D eigenvalue weighted by Gasteiger charge is 2.33. The van der Waals surface area contributed by atoms with Crippen LogP contribution in [0.15, 0.2) is 90.6 Å². The maximum atomic E-state index is 14.8. The molecule has 0 fully saturated rings. The minimum atomic E-state index is -0.628. The van der Waals surface area contributed by atoms with E-state index < -0.39 is 11.7 Å². The van der Waals surface area contributed by atoms with Crippen LogP contribution in [0.2, 0.25) is 0 Å². The molecule has 5 rings (SSSR count). The molecule has 1 aliphatic rings. The summed E-state index contributed by atoms with van der Waals surface area (Å²) in [4.78, 5) is 31.6. The van der Waals surface area contributed by atoms with Gasteiger partial charge in [-0.3, -0.25) is 4.79 Å². The molecule has 0 radical (unpaired) electrons. The number of benzene rings is 3. The van der Waals surface area contributed by atoms with E-state index in [1.54, 1.807) is 12.0 Å². The van der Waals surface area contributed by atoms with Crippen LogP contribution in [0.5, 0.6) is 0 Å². The Bertz CT molecular complexity index is 1700. The van der Waals surface area contributed by atoms with Crippen LogP contribution in [-0.4, -0.2) is 64.8 Å². The topological polar surface area (TPSA) is 64.0 Å². The smallest absolute Gasteiger partial charge is 0.410 e. The normalized spacial score (nSPS) is 13.8. The van der Waals surface area contributed by atoms with Gasteiger partial charge in [-0.1, -0.05) is 66.7 Å². The summed E-state index contributed by atoms with van der Waals surface area (Å²) in [6.07, 6.45) is 3.24. The average Bonchev–Trinajstić information content (AvgIpc) is 3.40. The van der Waals surface area contributed by atoms with Crippen molar-refractivity contribution in [3.63, 3.8) is 0 Å². The number of aromatic nitrogens is 1. The van der Waals surface area contributed by atoms with E-state index in [1.165, 1.54) is 0 Å². The van der Waals surface area contributed by atoms with Crippen LogP contribution in [0.4, 0.5) is 4.79 Å². The lowest BCUT2D eigenvalue weighted by atomic mass is 9.90. The average molecular weight is 622 g/mol. The third kappa shape index (κ3) is 7.71. The number of amides is 2. The van der Waals surface area contributed by atoms with E-state index in [4.69, 9.17) is 9.47 Å². The standard InChI is InChI=1S/C39H47N3O4/c1-28(2)42(26-32-25-40(21-13-23-45-6)36-19-11-10-18-34(32)36)37(43)35-27-41(38(44)46-39(3,4)5)22-20-33(35)31-17-12-16-30(24-31)29-14-8-7-9-15-29/h7-12,14-19,24-25,28H,13,20-23,26-27H2,1-6H3. The van der Waals surface area contributed by atoms with Crippen LogP contribution in [0.1, 0.15) is 58.6 Å². The maximum Gasteiger partial charge on any atom is 0.410 e. The fourth-order valence-corrected chi connectivity index (χ4v) is 6.14. The molecule has 0 saturated carbocycles. The lowest BCUT2D eigenvalue weighted by molar-refractivity contribution is -0.129. The number of hydrogen-bond donors (Lipinski definition) is 0. The highest BCUT2D eigenvalue weighted by atomic mass is 16.6. The molecule has 7 nitrogen and oxygen atoms in total. The molecule has 3 aromatic carbocycles. The van der Waals surface area contributed by atoms with Gasteiger partial charge in [0.05, 0.1) is 6.54 Å². The van der Waals surface area contributed by atoms with Crippen molar-refractivity contribution in [2.45, 2.75) is 72.2 Å². The van der Waals surface area contributed by atoms with Crippen molar-refractivity contribution in [2.75, 3.05) is 26.8 Å². The summed E-state index contributed by atoms with van der Waals surface area (Å²) in [6, 6.07) is 26.9. The molecule has 46 heavy (non-hydrogen) atoms. The lowest BCUT2D eigenvalue weighted by Crippen LogP contribution is -2.45. The van der Waals surface area contributed by atoms with E-state index in [1.807, 2.05) is 56.0 Å². The molecule has 7 heteroatoms. The van der Waals surface area contributed by atoms with Gasteiger partial charge in [-0.25, -0.2) is 4.79 Å². The molecule has 0 N–H and O–H groups in total. The quantitative estimate of drug-likeness (QED) is 0.168. The number of carbonyl (C=O) groups excluding carboxylic acids is 2. The Hall–Kier alpha value is -4.36. The summed E-state index contributed by atoms with van der Waals surface area (Å²) in [7, 11) is 1.72. The molecule has 4 aromatic rings. The second-order valence-electron chi connectivity index (χ2n) is 13.3. The fourth-order valence-electron chi connectivity index (χ4n) is 6.14. The third-order valence-electron chi connectivity index (χ3n) is 8.42. The predicted octanol–water partition coefficient (Wildman–Crippen LogP) is 8.18. The van der Waals surface area contributed by atoms with E-state index in [2.05, 4.69) is 73.1 Å². The van der Waals surface area contributed by atoms with Gasteiger partial charge in [-0.2, -0.15) is 0 Å². The highest BCUT2D eigenvalue weighted by Crippen LogP contribution is 2.33. The van der Waals surface area contributed by atoms with E-state index in [0.717, 1.165) is 51.7 Å². The molecular weight excluding hydrogens is 574 g/mol. The zero-order valence-corrected chi connectivity index (χ0v) is 28.1. The number of para-hydroxylation sites is 1. The van der Waals surface area contributed by atoms with E-state index in [-0.39, 0.29) is 18.5 Å². The molecule has 0 spiro atoms. The molecule has 2 heterocycles. The number of carbonyl (C=O) groups is 2. The zero-order chi connectivity index (χ0) is 32.8. The summed E-state index contributed by atoms with van der Waals surface area (Å²) in [5, 5.41) is 1.14. The Balaban J connectivity index is 1.54. The van der Waals surface area contributed by atoms with Crippen molar-refractivity contribution >= 4 is 28.5 Å². The first kappa shape index (κ1) is 33.0. The number of fused-ring (bicyclic) bond motifs is 1. The number of nitrogens with zero attached hydrogens (tertiary/aromatic N) is 3. The van der Waals surface area contributed by atoms with Crippen LogP contribution in [0, 0.1) is 0 Å². The minimum Gasteiger partial charge on any atom is -0.444 e. The van der Waals surface area contributed by atoms with Gasteiger partial charge in [-0.05, 0) is 87.4 Å². The van der Waals surface area contributed by atoms with Crippen LogP contribution >= 0.6 is 0 Å². The highest BCUT2D eigenvalue weighted by molar-refractivity contribution is 6.03. The molecule has 0 aliphatic carbocycles.